The lowest BCUT2D eigenvalue weighted by atomic mass is 9.99. The molecule has 2 aromatic carbocycles. The maximum Gasteiger partial charge on any atom is 0.195 e. The Hall–Kier alpha value is -3.73. The number of nitrogens with one attached hydrogen (secondary N) is 1. The minimum absolute atomic E-state index is 0.0502. The van der Waals surface area contributed by atoms with E-state index in [2.05, 4.69) is 34.4 Å². The van der Waals surface area contributed by atoms with E-state index in [0.29, 0.717) is 16.3 Å². The zero-order chi connectivity index (χ0) is 21.8. The van der Waals surface area contributed by atoms with Crippen LogP contribution in [-0.2, 0) is 0 Å². The van der Waals surface area contributed by atoms with E-state index in [1.165, 1.54) is 17.3 Å². The van der Waals surface area contributed by atoms with Crippen LogP contribution in [0.25, 0.3) is 27.2 Å². The Morgan fingerprint density at radius 1 is 1.23 bits per heavy atom. The van der Waals surface area contributed by atoms with Crippen molar-refractivity contribution in [3.63, 3.8) is 0 Å². The third-order valence-electron chi connectivity index (χ3n) is 5.70. The summed E-state index contributed by atoms with van der Waals surface area (Å²) < 4.78 is 0. The van der Waals surface area contributed by atoms with Crippen LogP contribution in [0.5, 0.6) is 0 Å². The Bertz CT molecular complexity index is 1330. The smallest absolute Gasteiger partial charge is 0.195 e. The normalized spacial score (nSPS) is 14.7. The second kappa shape index (κ2) is 8.96. The van der Waals surface area contributed by atoms with Crippen molar-refractivity contribution < 1.29 is 0 Å². The van der Waals surface area contributed by atoms with E-state index in [9.17, 15) is 4.79 Å². The van der Waals surface area contributed by atoms with Gasteiger partial charge < -0.3 is 11.1 Å². The van der Waals surface area contributed by atoms with Crippen LogP contribution in [0.2, 0.25) is 0 Å². The molecule has 5 heteroatoms. The number of fused-ring (bicyclic) bond motifs is 2. The Morgan fingerprint density at radius 3 is 2.84 bits per heavy atom. The van der Waals surface area contributed by atoms with E-state index >= 15 is 0 Å². The Morgan fingerprint density at radius 2 is 2.06 bits per heavy atom. The molecular weight excluding hydrogens is 384 g/mol. The highest BCUT2D eigenvalue weighted by atomic mass is 16.1. The van der Waals surface area contributed by atoms with Crippen molar-refractivity contribution in [3.05, 3.63) is 87.9 Å². The number of hydrogen-bond acceptors (Lipinski definition) is 5. The topological polar surface area (TPSA) is 80.4 Å². The zero-order valence-electron chi connectivity index (χ0n) is 17.9. The molecule has 3 aromatic rings. The van der Waals surface area contributed by atoms with Crippen molar-refractivity contribution in [2.45, 2.75) is 19.8 Å². The third-order valence-corrected chi connectivity index (χ3v) is 5.70. The molecule has 1 aromatic heterocycles. The molecule has 4 rings (SSSR count). The van der Waals surface area contributed by atoms with Gasteiger partial charge in [-0.05, 0) is 55.0 Å². The Kier molecular flexibility index (Phi) is 5.94. The number of nitrogens with two attached hydrogens (primary N) is 1. The number of anilines is 1. The molecule has 31 heavy (non-hydrogen) atoms. The fraction of sp³-hybridized carbons (Fsp3) is 0.192. The fourth-order valence-corrected chi connectivity index (χ4v) is 3.86. The summed E-state index contributed by atoms with van der Waals surface area (Å²) in [7, 11) is 1.68. The van der Waals surface area contributed by atoms with Gasteiger partial charge in [0.05, 0.1) is 5.52 Å². The molecule has 0 radical (unpaired) electrons. The third kappa shape index (κ3) is 4.26. The molecule has 0 atom stereocenters. The summed E-state index contributed by atoms with van der Waals surface area (Å²) in [5.74, 6) is 0. The van der Waals surface area contributed by atoms with Gasteiger partial charge >= 0.3 is 0 Å². The molecule has 0 bridgehead atoms. The van der Waals surface area contributed by atoms with Gasteiger partial charge in [-0.2, -0.15) is 0 Å². The SMILES string of the molecule is CN=CC(=CN)c1cnc2ccc3ccc(NCC4=C(C)CCC=C4)cc3c(=O)c2c1. The van der Waals surface area contributed by atoms with Crippen molar-refractivity contribution in [2.24, 2.45) is 10.7 Å². The van der Waals surface area contributed by atoms with Gasteiger partial charge in [-0.25, -0.2) is 0 Å². The first-order valence-corrected chi connectivity index (χ1v) is 10.4. The van der Waals surface area contributed by atoms with Crippen LogP contribution < -0.4 is 16.5 Å². The van der Waals surface area contributed by atoms with Gasteiger partial charge in [0.25, 0.3) is 0 Å². The number of aromatic nitrogens is 1. The Labute approximate surface area is 181 Å². The lowest BCUT2D eigenvalue weighted by molar-refractivity contribution is 0.929. The number of rotatable bonds is 5. The minimum atomic E-state index is -0.0502. The Balaban J connectivity index is 1.78. The molecular formula is C26H26N4O. The lowest BCUT2D eigenvalue weighted by Crippen LogP contribution is -2.07. The molecule has 0 spiro atoms. The summed E-state index contributed by atoms with van der Waals surface area (Å²) in [5.41, 5.74) is 11.5. The summed E-state index contributed by atoms with van der Waals surface area (Å²) in [6, 6.07) is 11.6. The van der Waals surface area contributed by atoms with Crippen molar-refractivity contribution in [1.82, 2.24) is 4.98 Å². The largest absolute Gasteiger partial charge is 0.404 e. The average Bonchev–Trinajstić information content (AvgIpc) is 2.93. The predicted molar refractivity (Wildman–Crippen MR) is 132 cm³/mol. The molecule has 0 saturated carbocycles. The lowest BCUT2D eigenvalue weighted by Gasteiger charge is -2.14. The predicted octanol–water partition coefficient (Wildman–Crippen LogP) is 4.83. The number of aliphatic imine (C=N–C) groups is 1. The second-order valence-corrected chi connectivity index (χ2v) is 7.73. The van der Waals surface area contributed by atoms with E-state index in [0.717, 1.165) is 41.6 Å². The van der Waals surface area contributed by atoms with Crippen LogP contribution in [0.3, 0.4) is 0 Å². The van der Waals surface area contributed by atoms with Gasteiger partial charge in [-0.1, -0.05) is 29.9 Å². The monoisotopic (exact) mass is 410 g/mol. The van der Waals surface area contributed by atoms with E-state index in [1.54, 1.807) is 19.5 Å². The van der Waals surface area contributed by atoms with Gasteiger partial charge in [0.2, 0.25) is 0 Å². The summed E-state index contributed by atoms with van der Waals surface area (Å²) in [6.07, 6.45) is 11.5. The molecule has 0 amide bonds. The number of hydrogen-bond donors (Lipinski definition) is 2. The molecule has 0 unspecified atom stereocenters. The maximum atomic E-state index is 13.4. The van der Waals surface area contributed by atoms with Crippen LogP contribution in [0.1, 0.15) is 25.3 Å². The van der Waals surface area contributed by atoms with Crippen molar-refractivity contribution in [3.8, 4) is 0 Å². The van der Waals surface area contributed by atoms with Crippen LogP contribution >= 0.6 is 0 Å². The molecule has 0 fully saturated rings. The summed E-state index contributed by atoms with van der Waals surface area (Å²) in [6.45, 7) is 2.93. The van der Waals surface area contributed by atoms with E-state index in [4.69, 9.17) is 5.73 Å². The first kappa shape index (κ1) is 20.5. The number of allylic oxidation sites excluding steroid dienone is 3. The molecule has 0 saturated heterocycles. The van der Waals surface area contributed by atoms with Crippen LogP contribution in [0.15, 0.2) is 81.9 Å². The van der Waals surface area contributed by atoms with E-state index in [1.807, 2.05) is 36.4 Å². The van der Waals surface area contributed by atoms with Crippen molar-refractivity contribution in [2.75, 3.05) is 18.9 Å². The number of nitrogens with zero attached hydrogens (tertiary/aromatic N) is 2. The van der Waals surface area contributed by atoms with Crippen LogP contribution in [-0.4, -0.2) is 24.8 Å². The molecule has 1 aliphatic rings. The number of benzene rings is 1. The van der Waals surface area contributed by atoms with Crippen molar-refractivity contribution in [1.29, 1.82) is 0 Å². The zero-order valence-corrected chi connectivity index (χ0v) is 17.9. The molecule has 3 N–H and O–H groups in total. The molecule has 1 aliphatic carbocycles. The van der Waals surface area contributed by atoms with Crippen LogP contribution in [0, 0.1) is 0 Å². The average molecular weight is 411 g/mol. The maximum absolute atomic E-state index is 13.4. The molecule has 0 aliphatic heterocycles. The van der Waals surface area contributed by atoms with Gasteiger partial charge in [0.15, 0.2) is 5.43 Å². The second-order valence-electron chi connectivity index (χ2n) is 7.73. The highest BCUT2D eigenvalue weighted by Crippen LogP contribution is 2.22. The number of pyridine rings is 1. The quantitative estimate of drug-likeness (QED) is 0.591. The summed E-state index contributed by atoms with van der Waals surface area (Å²) in [5, 5.41) is 5.57. The molecule has 5 nitrogen and oxygen atoms in total. The van der Waals surface area contributed by atoms with E-state index < -0.39 is 0 Å². The van der Waals surface area contributed by atoms with Crippen molar-refractivity contribution >= 4 is 39.2 Å². The first-order valence-electron chi connectivity index (χ1n) is 10.4. The van der Waals surface area contributed by atoms with Gasteiger partial charge in [0, 0.05) is 59.8 Å². The highest BCUT2D eigenvalue weighted by Gasteiger charge is 2.09. The minimum Gasteiger partial charge on any atom is -0.404 e. The van der Waals surface area contributed by atoms with Crippen LogP contribution in [0.4, 0.5) is 5.69 Å². The summed E-state index contributed by atoms with van der Waals surface area (Å²) in [4.78, 5) is 22.0. The highest BCUT2D eigenvalue weighted by molar-refractivity contribution is 6.10. The van der Waals surface area contributed by atoms with Gasteiger partial charge in [0.1, 0.15) is 0 Å². The summed E-state index contributed by atoms with van der Waals surface area (Å²) >= 11 is 0. The first-order chi connectivity index (χ1) is 15.1. The van der Waals surface area contributed by atoms with E-state index in [-0.39, 0.29) is 5.43 Å². The van der Waals surface area contributed by atoms with Gasteiger partial charge in [-0.15, -0.1) is 0 Å². The fourth-order valence-electron chi connectivity index (χ4n) is 3.86. The van der Waals surface area contributed by atoms with Gasteiger partial charge in [-0.3, -0.25) is 14.8 Å². The standard InChI is InChI=1S/C26H26N4O/c1-17-5-3-4-6-19(17)15-29-22-9-7-18-8-10-25-24(26(31)23(18)12-22)11-20(16-30-25)21(13-27)14-28-2/h4,6-14,16,29H,3,5,15,27H2,1-2H3. The molecule has 156 valence electrons. The molecule has 1 heterocycles.